The van der Waals surface area contributed by atoms with Crippen LogP contribution in [-0.4, -0.2) is 29.1 Å². The van der Waals surface area contributed by atoms with Crippen molar-refractivity contribution in [3.8, 4) is 0 Å². The third kappa shape index (κ3) is 9.94. The van der Waals surface area contributed by atoms with Gasteiger partial charge in [-0.05, 0) is 38.7 Å². The predicted octanol–water partition coefficient (Wildman–Crippen LogP) is 4.77. The van der Waals surface area contributed by atoms with Crippen LogP contribution < -0.4 is 0 Å². The van der Waals surface area contributed by atoms with Crippen molar-refractivity contribution >= 4 is 5.97 Å². The number of nitrogens with zero attached hydrogens (tertiary/aromatic N) is 1. The van der Waals surface area contributed by atoms with Crippen molar-refractivity contribution in [2.24, 2.45) is 0 Å². The van der Waals surface area contributed by atoms with Gasteiger partial charge in [0.25, 0.3) is 0 Å². The van der Waals surface area contributed by atoms with Crippen LogP contribution in [-0.2, 0) is 4.79 Å². The predicted molar refractivity (Wildman–Crippen MR) is 90.3 cm³/mol. The molecule has 0 heterocycles. The van der Waals surface area contributed by atoms with E-state index >= 15 is 0 Å². The topological polar surface area (TPSA) is 40.5 Å². The van der Waals surface area contributed by atoms with E-state index in [0.29, 0.717) is 6.42 Å². The van der Waals surface area contributed by atoms with Crippen LogP contribution in [0.5, 0.6) is 0 Å². The van der Waals surface area contributed by atoms with Gasteiger partial charge in [-0.1, -0.05) is 44.6 Å². The highest BCUT2D eigenvalue weighted by atomic mass is 16.4. The number of unbranched alkanes of at least 4 members (excludes halogenated alkanes) is 1. The Balaban J connectivity index is 4.46. The average molecular weight is 293 g/mol. The molecule has 0 radical (unpaired) electrons. The number of allylic oxidation sites excluding steroid dienone is 4. The lowest BCUT2D eigenvalue weighted by Crippen LogP contribution is -2.24. The Morgan fingerprint density at radius 2 is 1.81 bits per heavy atom. The fraction of sp³-hybridized carbons (Fsp3) is 0.611. The van der Waals surface area contributed by atoms with Crippen molar-refractivity contribution in [3.63, 3.8) is 0 Å². The van der Waals surface area contributed by atoms with E-state index in [9.17, 15) is 4.79 Å². The summed E-state index contributed by atoms with van der Waals surface area (Å²) in [4.78, 5) is 12.9. The molecule has 0 rings (SSSR count). The first kappa shape index (κ1) is 19.5. The molecule has 0 saturated heterocycles. The fourth-order valence-corrected chi connectivity index (χ4v) is 2.13. The molecule has 0 saturated carbocycles. The molecule has 0 unspecified atom stereocenters. The van der Waals surface area contributed by atoms with Gasteiger partial charge in [0.1, 0.15) is 0 Å². The molecule has 0 aromatic carbocycles. The van der Waals surface area contributed by atoms with Gasteiger partial charge in [-0.25, -0.2) is 0 Å². The lowest BCUT2D eigenvalue weighted by molar-refractivity contribution is -0.137. The summed E-state index contributed by atoms with van der Waals surface area (Å²) in [5.41, 5.74) is 2.22. The Bertz CT molecular complexity index is 369. The minimum Gasteiger partial charge on any atom is -0.481 e. The van der Waals surface area contributed by atoms with Gasteiger partial charge in [0, 0.05) is 25.2 Å². The van der Waals surface area contributed by atoms with Crippen LogP contribution in [0.4, 0.5) is 0 Å². The molecule has 0 amide bonds. The molecule has 21 heavy (non-hydrogen) atoms. The van der Waals surface area contributed by atoms with Gasteiger partial charge in [-0.3, -0.25) is 4.79 Å². The summed E-state index contributed by atoms with van der Waals surface area (Å²) in [5.74, 6) is -0.741. The maximum Gasteiger partial charge on any atom is 0.303 e. The fourth-order valence-electron chi connectivity index (χ4n) is 2.13. The molecule has 1 N–H and O–H groups in total. The first-order valence-electron chi connectivity index (χ1n) is 8.04. The summed E-state index contributed by atoms with van der Waals surface area (Å²) >= 11 is 0. The summed E-state index contributed by atoms with van der Waals surface area (Å²) in [6.45, 7) is 12.6. The summed E-state index contributed by atoms with van der Waals surface area (Å²) in [7, 11) is 0. The monoisotopic (exact) mass is 293 g/mol. The van der Waals surface area contributed by atoms with Gasteiger partial charge in [0.15, 0.2) is 0 Å². The zero-order chi connectivity index (χ0) is 16.1. The van der Waals surface area contributed by atoms with Crippen molar-refractivity contribution in [1.82, 2.24) is 4.90 Å². The molecule has 3 heteroatoms. The molecular weight excluding hydrogens is 262 g/mol. The van der Waals surface area contributed by atoms with Crippen LogP contribution in [0.3, 0.4) is 0 Å². The summed E-state index contributed by atoms with van der Waals surface area (Å²) in [6.07, 6.45) is 11.4. The quantitative estimate of drug-likeness (QED) is 0.527. The van der Waals surface area contributed by atoms with Crippen molar-refractivity contribution in [3.05, 3.63) is 36.1 Å². The highest BCUT2D eigenvalue weighted by Gasteiger charge is 2.05. The second-order valence-electron chi connectivity index (χ2n) is 5.29. The zero-order valence-electron chi connectivity index (χ0n) is 13.9. The lowest BCUT2D eigenvalue weighted by Gasteiger charge is -2.25. The number of hydrogen-bond donors (Lipinski definition) is 1. The molecule has 0 bridgehead atoms. The lowest BCUT2D eigenvalue weighted by atomic mass is 10.1. The molecule has 0 atom stereocenters. The minimum atomic E-state index is -0.741. The number of carboxylic acids is 1. The van der Waals surface area contributed by atoms with E-state index in [-0.39, 0.29) is 6.42 Å². The van der Waals surface area contributed by atoms with Crippen LogP contribution in [0.25, 0.3) is 0 Å². The van der Waals surface area contributed by atoms with Crippen molar-refractivity contribution < 1.29 is 9.90 Å². The van der Waals surface area contributed by atoms with Crippen LogP contribution >= 0.6 is 0 Å². The van der Waals surface area contributed by atoms with E-state index in [1.807, 2.05) is 6.08 Å². The van der Waals surface area contributed by atoms with Gasteiger partial charge < -0.3 is 10.0 Å². The molecular formula is C18H31NO2. The van der Waals surface area contributed by atoms with E-state index in [0.717, 1.165) is 31.5 Å². The maximum absolute atomic E-state index is 10.5. The summed E-state index contributed by atoms with van der Waals surface area (Å²) < 4.78 is 0. The summed E-state index contributed by atoms with van der Waals surface area (Å²) in [6, 6.07) is 0. The molecule has 0 aromatic rings. The molecule has 0 aliphatic rings. The zero-order valence-corrected chi connectivity index (χ0v) is 13.9. The minimum absolute atomic E-state index is 0.210. The second kappa shape index (κ2) is 12.2. The maximum atomic E-state index is 10.5. The second-order valence-corrected chi connectivity index (χ2v) is 5.29. The first-order chi connectivity index (χ1) is 10.0. The standard InChI is InChI=1S/C18H31NO2/c1-5-8-15-19(14-6-2)17(7-3)13-12-16(4)10-9-11-18(20)21/h7,12-13H,4-6,8-11,14-15H2,1-3H3,(H,20,21)/b13-12-,17-7+. The number of carbonyl (C=O) groups is 1. The van der Waals surface area contributed by atoms with Crippen LogP contribution in [0.2, 0.25) is 0 Å². The first-order valence-corrected chi connectivity index (χ1v) is 8.04. The van der Waals surface area contributed by atoms with Gasteiger partial charge in [0.05, 0.1) is 0 Å². The Kier molecular flexibility index (Phi) is 11.4. The highest BCUT2D eigenvalue weighted by molar-refractivity contribution is 5.66. The Hall–Kier alpha value is -1.51. The number of carboxylic acid groups (broad SMARTS) is 1. The van der Waals surface area contributed by atoms with Crippen LogP contribution in [0.1, 0.15) is 59.3 Å². The SMILES string of the molecule is C=C(/C=C\C(=C/C)N(CCC)CCCC)CCCC(=O)O. The number of hydrogen-bond acceptors (Lipinski definition) is 2. The molecule has 0 spiro atoms. The molecule has 3 nitrogen and oxygen atoms in total. The van der Waals surface area contributed by atoms with E-state index in [4.69, 9.17) is 5.11 Å². The Labute approximate surface area is 130 Å². The summed E-state index contributed by atoms with van der Waals surface area (Å²) in [5, 5.41) is 8.63. The van der Waals surface area contributed by atoms with Crippen molar-refractivity contribution in [2.45, 2.75) is 59.3 Å². The third-order valence-corrected chi connectivity index (χ3v) is 3.31. The Morgan fingerprint density at radius 3 is 2.33 bits per heavy atom. The molecule has 0 aliphatic heterocycles. The molecule has 0 fully saturated rings. The van der Waals surface area contributed by atoms with E-state index in [1.54, 1.807) is 0 Å². The van der Waals surface area contributed by atoms with Gasteiger partial charge >= 0.3 is 5.97 Å². The molecule has 0 aliphatic carbocycles. The third-order valence-electron chi connectivity index (χ3n) is 3.31. The largest absolute Gasteiger partial charge is 0.481 e. The van der Waals surface area contributed by atoms with E-state index in [1.165, 1.54) is 18.5 Å². The van der Waals surface area contributed by atoms with E-state index in [2.05, 4.69) is 44.4 Å². The normalized spacial score (nSPS) is 11.9. The van der Waals surface area contributed by atoms with E-state index < -0.39 is 5.97 Å². The highest BCUT2D eigenvalue weighted by Crippen LogP contribution is 2.13. The van der Waals surface area contributed by atoms with Gasteiger partial charge in [-0.15, -0.1) is 0 Å². The number of aliphatic carboxylic acids is 1. The number of rotatable bonds is 12. The van der Waals surface area contributed by atoms with Crippen molar-refractivity contribution in [2.75, 3.05) is 13.1 Å². The van der Waals surface area contributed by atoms with Crippen LogP contribution in [0, 0.1) is 0 Å². The van der Waals surface area contributed by atoms with Crippen LogP contribution in [0.15, 0.2) is 36.1 Å². The Morgan fingerprint density at radius 1 is 1.10 bits per heavy atom. The molecule has 120 valence electrons. The molecule has 0 aromatic heterocycles. The smallest absolute Gasteiger partial charge is 0.303 e. The van der Waals surface area contributed by atoms with Crippen molar-refractivity contribution in [1.29, 1.82) is 0 Å². The van der Waals surface area contributed by atoms with Gasteiger partial charge in [0.2, 0.25) is 0 Å². The average Bonchev–Trinajstić information content (AvgIpc) is 2.44. The van der Waals surface area contributed by atoms with Gasteiger partial charge in [-0.2, -0.15) is 0 Å².